The van der Waals surface area contributed by atoms with Crippen LogP contribution in [0.15, 0.2) is 48.5 Å². The molecule has 2 aromatic carbocycles. The van der Waals surface area contributed by atoms with Crippen molar-refractivity contribution in [2.24, 2.45) is 0 Å². The lowest BCUT2D eigenvalue weighted by Gasteiger charge is -2.08. The second kappa shape index (κ2) is 8.23. The summed E-state index contributed by atoms with van der Waals surface area (Å²) in [6.45, 7) is 4.70. The number of hydrogen-bond donors (Lipinski definition) is 1. The van der Waals surface area contributed by atoms with Crippen LogP contribution in [0.5, 0.6) is 5.75 Å². The summed E-state index contributed by atoms with van der Waals surface area (Å²) < 4.78 is 5.42. The summed E-state index contributed by atoms with van der Waals surface area (Å²) in [5.41, 5.74) is 2.71. The van der Waals surface area contributed by atoms with Crippen LogP contribution in [-0.4, -0.2) is 12.5 Å². The molecule has 0 atom stereocenters. The highest BCUT2D eigenvalue weighted by Crippen LogP contribution is 2.16. The number of anilines is 1. The molecule has 1 N–H and O–H groups in total. The normalized spacial score (nSPS) is 10.3. The van der Waals surface area contributed by atoms with E-state index in [1.165, 1.54) is 18.4 Å². The highest BCUT2D eigenvalue weighted by atomic mass is 16.5. The Kier molecular flexibility index (Phi) is 6.01. The van der Waals surface area contributed by atoms with Crippen LogP contribution in [0.25, 0.3) is 0 Å². The van der Waals surface area contributed by atoms with Gasteiger partial charge < -0.3 is 10.1 Å². The fraction of sp³-hybridized carbons (Fsp3) is 0.316. The van der Waals surface area contributed by atoms with E-state index in [1.807, 2.05) is 31.2 Å². The Morgan fingerprint density at radius 3 is 2.55 bits per heavy atom. The molecule has 0 aliphatic heterocycles. The summed E-state index contributed by atoms with van der Waals surface area (Å²) in [6.07, 6.45) is 3.46. The summed E-state index contributed by atoms with van der Waals surface area (Å²) in [7, 11) is 0. The van der Waals surface area contributed by atoms with Crippen molar-refractivity contribution >= 4 is 11.6 Å². The number of hydrogen-bond acceptors (Lipinski definition) is 2. The lowest BCUT2D eigenvalue weighted by molar-refractivity contribution is 0.102. The molecule has 0 spiro atoms. The first-order valence-electron chi connectivity index (χ1n) is 7.86. The Morgan fingerprint density at radius 2 is 1.86 bits per heavy atom. The number of aryl methyl sites for hydroxylation is 1. The molecule has 3 heteroatoms. The van der Waals surface area contributed by atoms with E-state index in [-0.39, 0.29) is 5.91 Å². The number of carbonyl (C=O) groups excluding carboxylic acids is 1. The summed E-state index contributed by atoms with van der Waals surface area (Å²) in [5, 5.41) is 2.92. The minimum Gasteiger partial charge on any atom is -0.494 e. The second-order valence-corrected chi connectivity index (χ2v) is 5.22. The van der Waals surface area contributed by atoms with E-state index in [2.05, 4.69) is 24.4 Å². The highest BCUT2D eigenvalue weighted by Gasteiger charge is 2.07. The van der Waals surface area contributed by atoms with Crippen molar-refractivity contribution < 1.29 is 9.53 Å². The van der Waals surface area contributed by atoms with E-state index < -0.39 is 0 Å². The summed E-state index contributed by atoms with van der Waals surface area (Å²) in [6, 6.07) is 15.3. The molecule has 1 amide bonds. The first kappa shape index (κ1) is 16.1. The van der Waals surface area contributed by atoms with Crippen molar-refractivity contribution in [3.8, 4) is 5.75 Å². The predicted octanol–water partition coefficient (Wildman–Crippen LogP) is 4.68. The van der Waals surface area contributed by atoms with Crippen molar-refractivity contribution in [2.45, 2.75) is 33.1 Å². The molecule has 0 bridgehead atoms. The average molecular weight is 297 g/mol. The number of carbonyl (C=O) groups is 1. The first-order valence-corrected chi connectivity index (χ1v) is 7.86. The standard InChI is InChI=1S/C19H23NO2/c1-3-5-7-15-10-12-17(13-11-15)20-19(21)16-8-6-9-18(14-16)22-4-2/h6,8-14H,3-5,7H2,1-2H3,(H,20,21). The van der Waals surface area contributed by atoms with Crippen LogP contribution in [0.1, 0.15) is 42.6 Å². The van der Waals surface area contributed by atoms with Gasteiger partial charge in [-0.05, 0) is 55.7 Å². The van der Waals surface area contributed by atoms with Gasteiger partial charge >= 0.3 is 0 Å². The van der Waals surface area contributed by atoms with E-state index in [1.54, 1.807) is 12.1 Å². The smallest absolute Gasteiger partial charge is 0.255 e. The van der Waals surface area contributed by atoms with Gasteiger partial charge in [-0.2, -0.15) is 0 Å². The van der Waals surface area contributed by atoms with Crippen molar-refractivity contribution in [1.29, 1.82) is 0 Å². The average Bonchev–Trinajstić information content (AvgIpc) is 2.55. The van der Waals surface area contributed by atoms with Gasteiger partial charge in [-0.3, -0.25) is 4.79 Å². The zero-order valence-electron chi connectivity index (χ0n) is 13.3. The lowest BCUT2D eigenvalue weighted by Crippen LogP contribution is -2.12. The van der Waals surface area contributed by atoms with Gasteiger partial charge in [0.1, 0.15) is 5.75 Å². The van der Waals surface area contributed by atoms with Gasteiger partial charge in [0.05, 0.1) is 6.61 Å². The Bertz CT molecular complexity index is 605. The van der Waals surface area contributed by atoms with E-state index >= 15 is 0 Å². The largest absolute Gasteiger partial charge is 0.494 e. The number of ether oxygens (including phenoxy) is 1. The van der Waals surface area contributed by atoms with E-state index in [4.69, 9.17) is 4.74 Å². The highest BCUT2D eigenvalue weighted by molar-refractivity contribution is 6.04. The number of amides is 1. The van der Waals surface area contributed by atoms with Crippen molar-refractivity contribution in [2.75, 3.05) is 11.9 Å². The van der Waals surface area contributed by atoms with E-state index in [0.29, 0.717) is 17.9 Å². The molecule has 3 nitrogen and oxygen atoms in total. The van der Waals surface area contributed by atoms with E-state index in [0.717, 1.165) is 12.1 Å². The Labute approximate surface area is 132 Å². The molecular formula is C19H23NO2. The zero-order chi connectivity index (χ0) is 15.8. The Morgan fingerprint density at radius 1 is 1.09 bits per heavy atom. The van der Waals surface area contributed by atoms with Crippen molar-refractivity contribution in [3.63, 3.8) is 0 Å². The van der Waals surface area contributed by atoms with Crippen molar-refractivity contribution in [3.05, 3.63) is 59.7 Å². The molecular weight excluding hydrogens is 274 g/mol. The molecule has 0 heterocycles. The minimum atomic E-state index is -0.122. The van der Waals surface area contributed by atoms with Crippen LogP contribution in [0.3, 0.4) is 0 Å². The van der Waals surface area contributed by atoms with Gasteiger partial charge in [0.15, 0.2) is 0 Å². The van der Waals surface area contributed by atoms with Gasteiger partial charge in [-0.15, -0.1) is 0 Å². The van der Waals surface area contributed by atoms with Crippen LogP contribution >= 0.6 is 0 Å². The summed E-state index contributed by atoms with van der Waals surface area (Å²) >= 11 is 0. The number of rotatable bonds is 7. The molecule has 0 aliphatic rings. The third-order valence-electron chi connectivity index (χ3n) is 3.44. The van der Waals surface area contributed by atoms with E-state index in [9.17, 15) is 4.79 Å². The molecule has 0 saturated heterocycles. The van der Waals surface area contributed by atoms with Crippen LogP contribution in [-0.2, 0) is 6.42 Å². The second-order valence-electron chi connectivity index (χ2n) is 5.22. The lowest BCUT2D eigenvalue weighted by atomic mass is 10.1. The fourth-order valence-corrected chi connectivity index (χ4v) is 2.23. The SMILES string of the molecule is CCCCc1ccc(NC(=O)c2cccc(OCC)c2)cc1. The molecule has 22 heavy (non-hydrogen) atoms. The monoisotopic (exact) mass is 297 g/mol. The predicted molar refractivity (Wildman–Crippen MR) is 90.6 cm³/mol. The topological polar surface area (TPSA) is 38.3 Å². The van der Waals surface area contributed by atoms with Crippen molar-refractivity contribution in [1.82, 2.24) is 0 Å². The maximum atomic E-state index is 12.3. The van der Waals surface area contributed by atoms with Gasteiger partial charge in [0.2, 0.25) is 0 Å². The van der Waals surface area contributed by atoms with Crippen LogP contribution < -0.4 is 10.1 Å². The van der Waals surface area contributed by atoms with Gasteiger partial charge in [-0.1, -0.05) is 31.5 Å². The molecule has 0 aromatic heterocycles. The molecule has 2 aromatic rings. The van der Waals surface area contributed by atoms with Crippen LogP contribution in [0.2, 0.25) is 0 Å². The molecule has 0 unspecified atom stereocenters. The molecule has 116 valence electrons. The molecule has 0 fully saturated rings. The molecule has 0 radical (unpaired) electrons. The van der Waals surface area contributed by atoms with Gasteiger partial charge in [-0.25, -0.2) is 0 Å². The first-order chi connectivity index (χ1) is 10.7. The third-order valence-corrected chi connectivity index (χ3v) is 3.44. The number of nitrogens with one attached hydrogen (secondary N) is 1. The van der Waals surface area contributed by atoms with Gasteiger partial charge in [0, 0.05) is 11.3 Å². The number of benzene rings is 2. The van der Waals surface area contributed by atoms with Crippen LogP contribution in [0, 0.1) is 0 Å². The fourth-order valence-electron chi connectivity index (χ4n) is 2.23. The van der Waals surface area contributed by atoms with Crippen LogP contribution in [0.4, 0.5) is 5.69 Å². The maximum Gasteiger partial charge on any atom is 0.255 e. The minimum absolute atomic E-state index is 0.122. The molecule has 0 aliphatic carbocycles. The zero-order valence-corrected chi connectivity index (χ0v) is 13.3. The quantitative estimate of drug-likeness (QED) is 0.805. The summed E-state index contributed by atoms with van der Waals surface area (Å²) in [5.74, 6) is 0.591. The molecule has 2 rings (SSSR count). The number of unbranched alkanes of at least 4 members (excludes halogenated alkanes) is 1. The third kappa shape index (κ3) is 4.62. The van der Waals surface area contributed by atoms with Gasteiger partial charge in [0.25, 0.3) is 5.91 Å². The Balaban J connectivity index is 2.00. The summed E-state index contributed by atoms with van der Waals surface area (Å²) in [4.78, 5) is 12.3. The Hall–Kier alpha value is -2.29. The maximum absolute atomic E-state index is 12.3. The molecule has 0 saturated carbocycles.